The molecule has 0 radical (unpaired) electrons. The molecule has 5 heteroatoms. The number of nitrogen functional groups attached to an aromatic ring is 1. The van der Waals surface area contributed by atoms with Crippen molar-refractivity contribution in [3.63, 3.8) is 0 Å². The zero-order chi connectivity index (χ0) is 13.1. The molecule has 0 aliphatic heterocycles. The van der Waals surface area contributed by atoms with E-state index in [9.17, 15) is 4.79 Å². The number of carbonyl (C=O) groups excluding carboxylic acids is 1. The van der Waals surface area contributed by atoms with Gasteiger partial charge in [0.15, 0.2) is 0 Å². The minimum atomic E-state index is -0.589. The molecule has 1 aromatic carbocycles. The van der Waals surface area contributed by atoms with Gasteiger partial charge in [-0.05, 0) is 32.0 Å². The van der Waals surface area contributed by atoms with Crippen molar-refractivity contribution in [3.05, 3.63) is 22.7 Å². The van der Waals surface area contributed by atoms with Crippen molar-refractivity contribution in [1.82, 2.24) is 0 Å². The second kappa shape index (κ2) is 5.40. The van der Waals surface area contributed by atoms with Crippen LogP contribution in [0.25, 0.3) is 0 Å². The molecule has 1 aromatic rings. The highest BCUT2D eigenvalue weighted by Crippen LogP contribution is 2.25. The average Bonchev–Trinajstić information content (AvgIpc) is 2.26. The SMILES string of the molecule is COC(=O)C(C)(C)CNc1ccc(Br)cc1N. The molecule has 0 atom stereocenters. The van der Waals surface area contributed by atoms with Gasteiger partial charge in [-0.1, -0.05) is 15.9 Å². The number of ether oxygens (including phenoxy) is 1. The van der Waals surface area contributed by atoms with E-state index in [0.717, 1.165) is 10.2 Å². The van der Waals surface area contributed by atoms with Crippen LogP contribution in [0.3, 0.4) is 0 Å². The molecule has 0 saturated carbocycles. The van der Waals surface area contributed by atoms with Crippen LogP contribution >= 0.6 is 15.9 Å². The highest BCUT2D eigenvalue weighted by atomic mass is 79.9. The predicted octanol–water partition coefficient (Wildman–Crippen LogP) is 2.64. The lowest BCUT2D eigenvalue weighted by atomic mass is 9.93. The lowest BCUT2D eigenvalue weighted by Crippen LogP contribution is -2.33. The third-order valence-corrected chi connectivity index (χ3v) is 2.97. The molecule has 94 valence electrons. The van der Waals surface area contributed by atoms with Crippen LogP contribution in [0, 0.1) is 5.41 Å². The molecule has 0 aliphatic rings. The Kier molecular flexibility index (Phi) is 4.40. The lowest BCUT2D eigenvalue weighted by Gasteiger charge is -2.22. The van der Waals surface area contributed by atoms with E-state index in [2.05, 4.69) is 21.2 Å². The Bertz CT molecular complexity index is 419. The molecule has 0 fully saturated rings. The maximum atomic E-state index is 11.5. The van der Waals surface area contributed by atoms with Crippen molar-refractivity contribution in [2.45, 2.75) is 13.8 Å². The van der Waals surface area contributed by atoms with Gasteiger partial charge in [0.2, 0.25) is 0 Å². The van der Waals surface area contributed by atoms with Gasteiger partial charge in [0.05, 0.1) is 23.9 Å². The number of benzene rings is 1. The first kappa shape index (κ1) is 13.8. The molecule has 17 heavy (non-hydrogen) atoms. The standard InChI is InChI=1S/C12H17BrN2O2/c1-12(2,11(16)17-3)7-15-10-5-4-8(13)6-9(10)14/h4-6,15H,7,14H2,1-3H3. The summed E-state index contributed by atoms with van der Waals surface area (Å²) >= 11 is 3.34. The molecular weight excluding hydrogens is 284 g/mol. The van der Waals surface area contributed by atoms with Crippen molar-refractivity contribution in [1.29, 1.82) is 0 Å². The maximum Gasteiger partial charge on any atom is 0.313 e. The molecular formula is C12H17BrN2O2. The molecule has 4 nitrogen and oxygen atoms in total. The molecule has 0 spiro atoms. The second-order valence-electron chi connectivity index (χ2n) is 4.46. The third kappa shape index (κ3) is 3.63. The summed E-state index contributed by atoms with van der Waals surface area (Å²) in [7, 11) is 1.39. The van der Waals surface area contributed by atoms with E-state index in [1.165, 1.54) is 7.11 Å². The first-order chi connectivity index (χ1) is 7.86. The Morgan fingerprint density at radius 2 is 2.18 bits per heavy atom. The minimum absolute atomic E-state index is 0.249. The van der Waals surface area contributed by atoms with Gasteiger partial charge in [0.25, 0.3) is 0 Å². The second-order valence-corrected chi connectivity index (χ2v) is 5.38. The van der Waals surface area contributed by atoms with Gasteiger partial charge in [0, 0.05) is 11.0 Å². The Labute approximate surface area is 110 Å². The molecule has 0 bridgehead atoms. The van der Waals surface area contributed by atoms with Crippen LogP contribution in [0.2, 0.25) is 0 Å². The summed E-state index contributed by atoms with van der Waals surface area (Å²) < 4.78 is 5.66. The van der Waals surface area contributed by atoms with E-state index in [-0.39, 0.29) is 5.97 Å². The maximum absolute atomic E-state index is 11.5. The fraction of sp³-hybridized carbons (Fsp3) is 0.417. The normalized spacial score (nSPS) is 11.1. The van der Waals surface area contributed by atoms with Gasteiger partial charge < -0.3 is 15.8 Å². The molecule has 0 aliphatic carbocycles. The average molecular weight is 301 g/mol. The van der Waals surface area contributed by atoms with Gasteiger partial charge in [0.1, 0.15) is 0 Å². The van der Waals surface area contributed by atoms with E-state index in [1.807, 2.05) is 32.0 Å². The van der Waals surface area contributed by atoms with Crippen molar-refractivity contribution < 1.29 is 9.53 Å². The highest BCUT2D eigenvalue weighted by Gasteiger charge is 2.28. The minimum Gasteiger partial charge on any atom is -0.469 e. The lowest BCUT2D eigenvalue weighted by molar-refractivity contribution is -0.149. The van der Waals surface area contributed by atoms with Crippen LogP contribution in [0.5, 0.6) is 0 Å². The number of rotatable bonds is 4. The molecule has 3 N–H and O–H groups in total. The van der Waals surface area contributed by atoms with Gasteiger partial charge in [-0.2, -0.15) is 0 Å². The van der Waals surface area contributed by atoms with Crippen molar-refractivity contribution >= 4 is 33.3 Å². The van der Waals surface area contributed by atoms with Crippen molar-refractivity contribution in [2.24, 2.45) is 5.41 Å². The number of hydrogen-bond donors (Lipinski definition) is 2. The quantitative estimate of drug-likeness (QED) is 0.663. The third-order valence-electron chi connectivity index (χ3n) is 2.47. The number of anilines is 2. The van der Waals surface area contributed by atoms with E-state index in [0.29, 0.717) is 12.2 Å². The van der Waals surface area contributed by atoms with Crippen LogP contribution in [0.15, 0.2) is 22.7 Å². The topological polar surface area (TPSA) is 64.3 Å². The summed E-state index contributed by atoms with van der Waals surface area (Å²) in [5.41, 5.74) is 6.71. The molecule has 0 heterocycles. The zero-order valence-corrected chi connectivity index (χ0v) is 11.8. The summed E-state index contributed by atoms with van der Waals surface area (Å²) in [5, 5.41) is 3.15. The number of carbonyl (C=O) groups is 1. The zero-order valence-electron chi connectivity index (χ0n) is 10.2. The molecule has 0 amide bonds. The summed E-state index contributed by atoms with van der Waals surface area (Å²) in [6.07, 6.45) is 0. The van der Waals surface area contributed by atoms with Gasteiger partial charge in [-0.3, -0.25) is 4.79 Å². The van der Waals surface area contributed by atoms with Gasteiger partial charge >= 0.3 is 5.97 Å². The molecule has 0 aromatic heterocycles. The Morgan fingerprint density at radius 3 is 2.71 bits per heavy atom. The molecule has 1 rings (SSSR count). The van der Waals surface area contributed by atoms with Crippen LogP contribution in [-0.2, 0) is 9.53 Å². The van der Waals surface area contributed by atoms with E-state index in [1.54, 1.807) is 0 Å². The summed E-state index contributed by atoms with van der Waals surface area (Å²) in [4.78, 5) is 11.5. The summed E-state index contributed by atoms with van der Waals surface area (Å²) in [5.74, 6) is -0.249. The fourth-order valence-electron chi connectivity index (χ4n) is 1.36. The van der Waals surface area contributed by atoms with Crippen molar-refractivity contribution in [3.8, 4) is 0 Å². The van der Waals surface area contributed by atoms with Crippen LogP contribution in [-0.4, -0.2) is 19.6 Å². The van der Waals surface area contributed by atoms with Gasteiger partial charge in [-0.15, -0.1) is 0 Å². The van der Waals surface area contributed by atoms with Crippen LogP contribution in [0.4, 0.5) is 11.4 Å². The largest absolute Gasteiger partial charge is 0.469 e. The molecule has 0 unspecified atom stereocenters. The summed E-state index contributed by atoms with van der Waals surface area (Å²) in [6.45, 7) is 4.10. The number of esters is 1. The van der Waals surface area contributed by atoms with Crippen LogP contribution in [0.1, 0.15) is 13.8 Å². The number of nitrogens with one attached hydrogen (secondary N) is 1. The smallest absolute Gasteiger partial charge is 0.313 e. The number of halogens is 1. The molecule has 0 saturated heterocycles. The van der Waals surface area contributed by atoms with Crippen LogP contribution < -0.4 is 11.1 Å². The highest BCUT2D eigenvalue weighted by molar-refractivity contribution is 9.10. The fourth-order valence-corrected chi connectivity index (χ4v) is 1.74. The van der Waals surface area contributed by atoms with Gasteiger partial charge in [-0.25, -0.2) is 0 Å². The van der Waals surface area contributed by atoms with E-state index in [4.69, 9.17) is 10.5 Å². The number of nitrogens with two attached hydrogens (primary N) is 1. The number of methoxy groups -OCH3 is 1. The Hall–Kier alpha value is -1.23. The number of hydrogen-bond acceptors (Lipinski definition) is 4. The Balaban J connectivity index is 2.70. The first-order valence-corrected chi connectivity index (χ1v) is 6.03. The summed E-state index contributed by atoms with van der Waals surface area (Å²) in [6, 6.07) is 5.57. The predicted molar refractivity (Wildman–Crippen MR) is 72.8 cm³/mol. The first-order valence-electron chi connectivity index (χ1n) is 5.24. The Morgan fingerprint density at radius 1 is 1.53 bits per heavy atom. The van der Waals surface area contributed by atoms with E-state index >= 15 is 0 Å². The van der Waals surface area contributed by atoms with E-state index < -0.39 is 5.41 Å². The van der Waals surface area contributed by atoms with Crippen molar-refractivity contribution in [2.75, 3.05) is 24.7 Å². The monoisotopic (exact) mass is 300 g/mol.